The summed E-state index contributed by atoms with van der Waals surface area (Å²) in [6.07, 6.45) is 0. The summed E-state index contributed by atoms with van der Waals surface area (Å²) in [5.41, 5.74) is 1.55. The van der Waals surface area contributed by atoms with Gasteiger partial charge >= 0.3 is 0 Å². The highest BCUT2D eigenvalue weighted by atomic mass is 16.5. The van der Waals surface area contributed by atoms with E-state index in [1.54, 1.807) is 79.9 Å². The number of nitrogens with zero attached hydrogens (tertiary/aromatic N) is 1. The minimum Gasteiger partial charge on any atom is -0.503 e. The number of amides is 1. The molecule has 1 unspecified atom stereocenters. The number of aliphatic hydroxyl groups is 1. The molecule has 0 saturated heterocycles. The van der Waals surface area contributed by atoms with E-state index in [2.05, 4.69) is 0 Å². The van der Waals surface area contributed by atoms with E-state index in [-0.39, 0.29) is 11.3 Å². The number of fused-ring (bicyclic) bond motifs is 1. The van der Waals surface area contributed by atoms with Crippen LogP contribution in [0.1, 0.15) is 22.2 Å². The number of aliphatic hydroxyl groups excluding tert-OH is 1. The summed E-state index contributed by atoms with van der Waals surface area (Å²) in [7, 11) is 3.07. The Hall–Kier alpha value is -4.52. The van der Waals surface area contributed by atoms with Gasteiger partial charge in [0.15, 0.2) is 22.9 Å². The van der Waals surface area contributed by atoms with Crippen LogP contribution in [0.4, 0.5) is 5.69 Å². The van der Waals surface area contributed by atoms with Crippen LogP contribution in [0.15, 0.2) is 94.6 Å². The quantitative estimate of drug-likeness (QED) is 0.400. The third kappa shape index (κ3) is 3.38. The highest BCUT2D eigenvalue weighted by molar-refractivity contribution is 6.20. The van der Waals surface area contributed by atoms with Crippen molar-refractivity contribution in [2.45, 2.75) is 6.04 Å². The molecule has 0 aliphatic carbocycles. The minimum atomic E-state index is -0.858. The van der Waals surface area contributed by atoms with E-state index in [1.165, 1.54) is 12.0 Å². The van der Waals surface area contributed by atoms with E-state index in [4.69, 9.17) is 13.9 Å². The number of carbonyl (C=O) groups excluding carboxylic acids is 2. The lowest BCUT2D eigenvalue weighted by Crippen LogP contribution is -2.31. The summed E-state index contributed by atoms with van der Waals surface area (Å²) >= 11 is 0. The Morgan fingerprint density at radius 3 is 2.35 bits per heavy atom. The van der Waals surface area contributed by atoms with E-state index >= 15 is 0 Å². The number of anilines is 1. The van der Waals surface area contributed by atoms with Crippen LogP contribution in [0.2, 0.25) is 0 Å². The smallest absolute Gasteiger partial charge is 0.294 e. The lowest BCUT2D eigenvalue weighted by atomic mass is 9.94. The Morgan fingerprint density at radius 1 is 0.941 bits per heavy atom. The van der Waals surface area contributed by atoms with Gasteiger partial charge in [-0.15, -0.1) is 0 Å². The van der Waals surface area contributed by atoms with Gasteiger partial charge in [-0.05, 0) is 42.0 Å². The zero-order chi connectivity index (χ0) is 23.8. The Balaban J connectivity index is 1.65. The summed E-state index contributed by atoms with van der Waals surface area (Å²) in [6.45, 7) is 0. The summed E-state index contributed by atoms with van der Waals surface area (Å²) in [4.78, 5) is 28.3. The molecule has 0 saturated carbocycles. The molecule has 0 bridgehead atoms. The molecule has 2 heterocycles. The van der Waals surface area contributed by atoms with Crippen LogP contribution < -0.4 is 14.4 Å². The number of rotatable bonds is 6. The van der Waals surface area contributed by atoms with Gasteiger partial charge in [-0.3, -0.25) is 14.5 Å². The Morgan fingerprint density at radius 2 is 1.68 bits per heavy atom. The maximum Gasteiger partial charge on any atom is 0.294 e. The first-order chi connectivity index (χ1) is 16.5. The monoisotopic (exact) mass is 455 g/mol. The van der Waals surface area contributed by atoms with Crippen LogP contribution in [0.25, 0.3) is 11.0 Å². The number of methoxy groups -OCH3 is 2. The first-order valence-corrected chi connectivity index (χ1v) is 10.6. The molecule has 7 heteroatoms. The van der Waals surface area contributed by atoms with Gasteiger partial charge in [0, 0.05) is 11.1 Å². The van der Waals surface area contributed by atoms with Crippen LogP contribution in [0, 0.1) is 0 Å². The molecule has 1 amide bonds. The molecule has 0 fully saturated rings. The maximum atomic E-state index is 13.7. The molecule has 1 aromatic heterocycles. The number of ether oxygens (including phenoxy) is 2. The standard InChI is InChI=1S/C27H21NO6/c1-32-19-13-11-16(12-14-19)23-22(25(30)27(31)28(23)18-8-4-3-5-9-18)24(29)21-15-17-7-6-10-20(33-2)26(17)34-21/h3-15,23,30H,1-2H3. The van der Waals surface area contributed by atoms with Crippen molar-refractivity contribution in [3.05, 3.63) is 102 Å². The minimum absolute atomic E-state index is 0.00210. The van der Waals surface area contributed by atoms with Crippen molar-refractivity contribution >= 4 is 28.3 Å². The summed E-state index contributed by atoms with van der Waals surface area (Å²) < 4.78 is 16.4. The predicted molar refractivity (Wildman–Crippen MR) is 126 cm³/mol. The van der Waals surface area contributed by atoms with Gasteiger partial charge in [0.1, 0.15) is 5.75 Å². The molecule has 170 valence electrons. The Kier molecular flexibility index (Phi) is 5.30. The SMILES string of the molecule is COc1ccc(C2C(C(=O)c3cc4cccc(OC)c4o3)=C(O)C(=O)N2c2ccccc2)cc1. The highest BCUT2D eigenvalue weighted by Gasteiger charge is 2.45. The highest BCUT2D eigenvalue weighted by Crippen LogP contribution is 2.43. The second-order valence-corrected chi connectivity index (χ2v) is 7.77. The Bertz CT molecular complexity index is 1420. The van der Waals surface area contributed by atoms with Crippen molar-refractivity contribution < 1.29 is 28.6 Å². The van der Waals surface area contributed by atoms with Gasteiger partial charge in [0.25, 0.3) is 5.91 Å². The molecule has 5 rings (SSSR count). The molecule has 1 aliphatic rings. The molecule has 1 N–H and O–H groups in total. The third-order valence-corrected chi connectivity index (χ3v) is 5.87. The van der Waals surface area contributed by atoms with Crippen LogP contribution in [-0.2, 0) is 4.79 Å². The average molecular weight is 455 g/mol. The lowest BCUT2D eigenvalue weighted by Gasteiger charge is -2.26. The van der Waals surface area contributed by atoms with Crippen molar-refractivity contribution in [1.82, 2.24) is 0 Å². The zero-order valence-corrected chi connectivity index (χ0v) is 18.5. The number of hydrogen-bond acceptors (Lipinski definition) is 6. The zero-order valence-electron chi connectivity index (χ0n) is 18.5. The van der Waals surface area contributed by atoms with Crippen molar-refractivity contribution in [3.63, 3.8) is 0 Å². The van der Waals surface area contributed by atoms with Gasteiger partial charge in [-0.25, -0.2) is 0 Å². The summed E-state index contributed by atoms with van der Waals surface area (Å²) in [5.74, 6) is -0.739. The van der Waals surface area contributed by atoms with E-state index < -0.39 is 23.5 Å². The van der Waals surface area contributed by atoms with Crippen LogP contribution in [0.5, 0.6) is 11.5 Å². The number of para-hydroxylation sites is 2. The van der Waals surface area contributed by atoms with Gasteiger partial charge in [-0.2, -0.15) is 0 Å². The van der Waals surface area contributed by atoms with Crippen LogP contribution in [-0.4, -0.2) is 31.0 Å². The molecular weight excluding hydrogens is 434 g/mol. The molecule has 1 aliphatic heterocycles. The van der Waals surface area contributed by atoms with Crippen molar-refractivity contribution in [1.29, 1.82) is 0 Å². The largest absolute Gasteiger partial charge is 0.503 e. The molecule has 7 nitrogen and oxygen atoms in total. The predicted octanol–water partition coefficient (Wildman–Crippen LogP) is 5.23. The summed E-state index contributed by atoms with van der Waals surface area (Å²) in [6, 6.07) is 22.0. The van der Waals surface area contributed by atoms with Crippen LogP contribution in [0.3, 0.4) is 0 Å². The number of furan rings is 1. The number of benzene rings is 3. The van der Waals surface area contributed by atoms with Crippen LogP contribution >= 0.6 is 0 Å². The first kappa shape index (κ1) is 21.3. The van der Waals surface area contributed by atoms with E-state index in [0.717, 1.165) is 0 Å². The third-order valence-electron chi connectivity index (χ3n) is 5.87. The van der Waals surface area contributed by atoms with Crippen molar-refractivity contribution in [2.24, 2.45) is 0 Å². The molecule has 0 radical (unpaired) electrons. The fourth-order valence-electron chi connectivity index (χ4n) is 4.24. The number of hydrogen-bond donors (Lipinski definition) is 1. The van der Waals surface area contributed by atoms with Gasteiger partial charge in [-0.1, -0.05) is 42.5 Å². The first-order valence-electron chi connectivity index (χ1n) is 10.6. The van der Waals surface area contributed by atoms with E-state index in [0.29, 0.717) is 33.7 Å². The average Bonchev–Trinajstić information content (AvgIpc) is 3.43. The maximum absolute atomic E-state index is 13.7. The second kappa shape index (κ2) is 8.44. The lowest BCUT2D eigenvalue weighted by molar-refractivity contribution is -0.117. The number of ketones is 1. The number of carbonyl (C=O) groups is 2. The molecule has 4 aromatic rings. The summed E-state index contributed by atoms with van der Waals surface area (Å²) in [5, 5.41) is 11.6. The fraction of sp³-hybridized carbons (Fsp3) is 0.111. The fourth-order valence-corrected chi connectivity index (χ4v) is 4.24. The van der Waals surface area contributed by atoms with Crippen molar-refractivity contribution in [2.75, 3.05) is 19.1 Å². The molecule has 34 heavy (non-hydrogen) atoms. The van der Waals surface area contributed by atoms with E-state index in [9.17, 15) is 14.7 Å². The molecule has 0 spiro atoms. The molecule has 1 atom stereocenters. The van der Waals surface area contributed by atoms with E-state index in [1.807, 2.05) is 6.07 Å². The topological polar surface area (TPSA) is 89.2 Å². The number of Topliss-reactive ketones (excluding diaryl/α,β-unsaturated/α-hetero) is 1. The molecule has 3 aromatic carbocycles. The van der Waals surface area contributed by atoms with Gasteiger partial charge in [0.05, 0.1) is 25.8 Å². The second-order valence-electron chi connectivity index (χ2n) is 7.77. The van der Waals surface area contributed by atoms with Gasteiger partial charge < -0.3 is 19.0 Å². The Labute approximate surface area is 195 Å². The van der Waals surface area contributed by atoms with Gasteiger partial charge in [0.2, 0.25) is 5.78 Å². The molecular formula is C27H21NO6. The van der Waals surface area contributed by atoms with Crippen molar-refractivity contribution in [3.8, 4) is 11.5 Å². The normalized spacial score (nSPS) is 15.8.